The van der Waals surface area contributed by atoms with Gasteiger partial charge in [0, 0.05) is 25.0 Å². The number of rotatable bonds is 5. The first-order chi connectivity index (χ1) is 10.2. The molecule has 0 aliphatic heterocycles. The minimum Gasteiger partial charge on any atom is -0.329 e. The van der Waals surface area contributed by atoms with Gasteiger partial charge in [-0.1, -0.05) is 56.3 Å². The molecule has 1 N–H and O–H groups in total. The molecule has 21 heavy (non-hydrogen) atoms. The Morgan fingerprint density at radius 1 is 1.10 bits per heavy atom. The third-order valence-electron chi connectivity index (χ3n) is 3.69. The predicted molar refractivity (Wildman–Crippen MR) is 87.3 cm³/mol. The summed E-state index contributed by atoms with van der Waals surface area (Å²) in [5, 5.41) is 6.03. The summed E-state index contributed by atoms with van der Waals surface area (Å²) >= 11 is 0. The van der Waals surface area contributed by atoms with Crippen LogP contribution >= 0.6 is 0 Å². The lowest BCUT2D eigenvalue weighted by Crippen LogP contribution is -2.24. The molecule has 3 nitrogen and oxygen atoms in total. The van der Waals surface area contributed by atoms with Crippen LogP contribution in [0.1, 0.15) is 25.2 Å². The Labute approximate surface area is 125 Å². The maximum absolute atomic E-state index is 4.46. The van der Waals surface area contributed by atoms with Crippen molar-refractivity contribution in [1.82, 2.24) is 14.9 Å². The lowest BCUT2D eigenvalue weighted by molar-refractivity contribution is 0.555. The van der Waals surface area contributed by atoms with Gasteiger partial charge in [-0.25, -0.2) is 4.98 Å². The van der Waals surface area contributed by atoms with Gasteiger partial charge in [-0.2, -0.15) is 0 Å². The van der Waals surface area contributed by atoms with Crippen molar-refractivity contribution in [2.75, 3.05) is 0 Å². The van der Waals surface area contributed by atoms with Crippen LogP contribution in [0.4, 0.5) is 0 Å². The molecule has 1 heterocycles. The second-order valence-electron chi connectivity index (χ2n) is 5.65. The van der Waals surface area contributed by atoms with E-state index in [1.54, 1.807) is 0 Å². The molecule has 1 aromatic heterocycles. The van der Waals surface area contributed by atoms with Crippen LogP contribution in [0.15, 0.2) is 54.9 Å². The van der Waals surface area contributed by atoms with Crippen LogP contribution in [0.25, 0.3) is 10.8 Å². The number of benzene rings is 2. The van der Waals surface area contributed by atoms with Gasteiger partial charge in [0.25, 0.3) is 0 Å². The molecule has 2 aromatic carbocycles. The highest BCUT2D eigenvalue weighted by Gasteiger charge is 2.06. The van der Waals surface area contributed by atoms with Crippen molar-refractivity contribution in [3.05, 3.63) is 66.2 Å². The summed E-state index contributed by atoms with van der Waals surface area (Å²) < 4.78 is 2.22. The summed E-state index contributed by atoms with van der Waals surface area (Å²) in [6.07, 6.45) is 3.93. The molecule has 3 heteroatoms. The Kier molecular flexibility index (Phi) is 4.02. The number of nitrogens with one attached hydrogen (secondary N) is 1. The van der Waals surface area contributed by atoms with Gasteiger partial charge in [0.05, 0.1) is 6.54 Å². The minimum absolute atomic E-state index is 0.465. The topological polar surface area (TPSA) is 29.9 Å². The van der Waals surface area contributed by atoms with E-state index >= 15 is 0 Å². The van der Waals surface area contributed by atoms with Gasteiger partial charge in [-0.3, -0.25) is 0 Å². The Morgan fingerprint density at radius 2 is 1.90 bits per heavy atom. The molecular formula is C18H21N3. The van der Waals surface area contributed by atoms with Crippen molar-refractivity contribution in [3.63, 3.8) is 0 Å². The second-order valence-corrected chi connectivity index (χ2v) is 5.65. The number of nitrogens with zero attached hydrogens (tertiary/aromatic N) is 2. The van der Waals surface area contributed by atoms with Gasteiger partial charge in [-0.05, 0) is 16.3 Å². The standard InChI is InChI=1S/C18H21N3/c1-14(2)20-12-18-19-10-11-21(18)13-16-8-5-7-15-6-3-4-9-17(15)16/h3-11,14,20H,12-13H2,1-2H3. The smallest absolute Gasteiger partial charge is 0.122 e. The average Bonchev–Trinajstić information content (AvgIpc) is 2.93. The number of imidazole rings is 1. The SMILES string of the molecule is CC(C)NCc1nccn1Cc1cccc2ccccc12. The summed E-state index contributed by atoms with van der Waals surface area (Å²) in [5.74, 6) is 1.08. The van der Waals surface area contributed by atoms with Crippen LogP contribution in [0.2, 0.25) is 0 Å². The molecule has 0 radical (unpaired) electrons. The molecule has 0 aliphatic rings. The molecule has 3 rings (SSSR count). The quantitative estimate of drug-likeness (QED) is 0.773. The largest absolute Gasteiger partial charge is 0.329 e. The maximum atomic E-state index is 4.46. The van der Waals surface area contributed by atoms with E-state index in [-0.39, 0.29) is 0 Å². The van der Waals surface area contributed by atoms with Gasteiger partial charge >= 0.3 is 0 Å². The lowest BCUT2D eigenvalue weighted by atomic mass is 10.0. The monoisotopic (exact) mass is 279 g/mol. The Hall–Kier alpha value is -2.13. The Morgan fingerprint density at radius 3 is 2.76 bits per heavy atom. The van der Waals surface area contributed by atoms with Gasteiger partial charge in [0.1, 0.15) is 5.82 Å². The van der Waals surface area contributed by atoms with E-state index in [0.29, 0.717) is 6.04 Å². The van der Waals surface area contributed by atoms with Crippen molar-refractivity contribution in [2.24, 2.45) is 0 Å². The first-order valence-electron chi connectivity index (χ1n) is 7.44. The molecule has 0 saturated carbocycles. The highest BCUT2D eigenvalue weighted by Crippen LogP contribution is 2.19. The predicted octanol–water partition coefficient (Wildman–Crippen LogP) is 3.58. The molecule has 0 bridgehead atoms. The highest BCUT2D eigenvalue weighted by atomic mass is 15.1. The van der Waals surface area contributed by atoms with Crippen LogP contribution in [0, 0.1) is 0 Å². The van der Waals surface area contributed by atoms with E-state index in [1.165, 1.54) is 16.3 Å². The van der Waals surface area contributed by atoms with Crippen LogP contribution in [0.3, 0.4) is 0 Å². The molecule has 0 amide bonds. The summed E-state index contributed by atoms with van der Waals surface area (Å²) in [6.45, 7) is 5.96. The summed E-state index contributed by atoms with van der Waals surface area (Å²) in [6, 6.07) is 15.5. The first-order valence-corrected chi connectivity index (χ1v) is 7.44. The fraction of sp³-hybridized carbons (Fsp3) is 0.278. The van der Waals surface area contributed by atoms with Gasteiger partial charge < -0.3 is 9.88 Å². The van der Waals surface area contributed by atoms with Gasteiger partial charge in [-0.15, -0.1) is 0 Å². The zero-order valence-corrected chi connectivity index (χ0v) is 12.6. The Balaban J connectivity index is 1.87. The van der Waals surface area contributed by atoms with E-state index in [1.807, 2.05) is 6.20 Å². The lowest BCUT2D eigenvalue weighted by Gasteiger charge is -2.12. The van der Waals surface area contributed by atoms with Crippen molar-refractivity contribution < 1.29 is 0 Å². The van der Waals surface area contributed by atoms with Crippen molar-refractivity contribution in [2.45, 2.75) is 33.0 Å². The molecule has 0 fully saturated rings. The van der Waals surface area contributed by atoms with E-state index in [4.69, 9.17) is 0 Å². The van der Waals surface area contributed by atoms with Crippen LogP contribution in [-0.4, -0.2) is 15.6 Å². The average molecular weight is 279 g/mol. The summed E-state index contributed by atoms with van der Waals surface area (Å²) in [4.78, 5) is 4.46. The van der Waals surface area contributed by atoms with Crippen molar-refractivity contribution in [3.8, 4) is 0 Å². The second kappa shape index (κ2) is 6.10. The molecule has 0 aliphatic carbocycles. The third-order valence-corrected chi connectivity index (χ3v) is 3.69. The first kappa shape index (κ1) is 13.8. The minimum atomic E-state index is 0.465. The van der Waals surface area contributed by atoms with E-state index in [2.05, 4.69) is 77.4 Å². The number of hydrogen-bond donors (Lipinski definition) is 1. The van der Waals surface area contributed by atoms with E-state index in [0.717, 1.165) is 18.9 Å². The molecule has 3 aromatic rings. The molecule has 0 saturated heterocycles. The van der Waals surface area contributed by atoms with Crippen LogP contribution in [-0.2, 0) is 13.1 Å². The van der Waals surface area contributed by atoms with E-state index < -0.39 is 0 Å². The molecular weight excluding hydrogens is 258 g/mol. The molecule has 0 atom stereocenters. The number of aromatic nitrogens is 2. The zero-order valence-electron chi connectivity index (χ0n) is 12.6. The number of fused-ring (bicyclic) bond motifs is 1. The van der Waals surface area contributed by atoms with Gasteiger partial charge in [0.15, 0.2) is 0 Å². The normalized spacial score (nSPS) is 11.4. The molecule has 108 valence electrons. The van der Waals surface area contributed by atoms with Gasteiger partial charge in [0.2, 0.25) is 0 Å². The fourth-order valence-corrected chi connectivity index (χ4v) is 2.56. The zero-order chi connectivity index (χ0) is 14.7. The summed E-state index contributed by atoms with van der Waals surface area (Å²) in [7, 11) is 0. The van der Waals surface area contributed by atoms with E-state index in [9.17, 15) is 0 Å². The van der Waals surface area contributed by atoms with Crippen molar-refractivity contribution >= 4 is 10.8 Å². The maximum Gasteiger partial charge on any atom is 0.122 e. The summed E-state index contributed by atoms with van der Waals surface area (Å²) in [5.41, 5.74) is 1.33. The Bertz CT molecular complexity index is 723. The third kappa shape index (κ3) is 3.14. The molecule has 0 unspecified atom stereocenters. The molecule has 0 spiro atoms. The van der Waals surface area contributed by atoms with Crippen LogP contribution < -0.4 is 5.32 Å². The highest BCUT2D eigenvalue weighted by molar-refractivity contribution is 5.85. The number of hydrogen-bond acceptors (Lipinski definition) is 2. The van der Waals surface area contributed by atoms with Crippen LogP contribution in [0.5, 0.6) is 0 Å². The fourth-order valence-electron chi connectivity index (χ4n) is 2.56. The van der Waals surface area contributed by atoms with Crippen molar-refractivity contribution in [1.29, 1.82) is 0 Å².